The quantitative estimate of drug-likeness (QED) is 0.707. The molecular weight excluding hydrogens is 244 g/mol. The second-order valence-corrected chi connectivity index (χ2v) is 4.45. The van der Waals surface area contributed by atoms with Gasteiger partial charge in [-0.25, -0.2) is 9.78 Å². The highest BCUT2D eigenvalue weighted by Gasteiger charge is 2.05. The van der Waals surface area contributed by atoms with E-state index in [1.807, 2.05) is 0 Å². The van der Waals surface area contributed by atoms with E-state index in [0.29, 0.717) is 12.1 Å². The van der Waals surface area contributed by atoms with E-state index >= 15 is 0 Å². The second kappa shape index (κ2) is 8.24. The second-order valence-electron chi connectivity index (χ2n) is 4.45. The molecule has 0 radical (unpaired) electrons. The summed E-state index contributed by atoms with van der Waals surface area (Å²) in [7, 11) is 0. The average Bonchev–Trinajstić information content (AvgIpc) is 2.39. The van der Waals surface area contributed by atoms with Crippen LogP contribution in [0.5, 0.6) is 0 Å². The third-order valence-corrected chi connectivity index (χ3v) is 2.77. The van der Waals surface area contributed by atoms with Gasteiger partial charge in [-0.15, -0.1) is 0 Å². The van der Waals surface area contributed by atoms with Crippen LogP contribution in [0.3, 0.4) is 0 Å². The molecule has 0 aliphatic rings. The first-order chi connectivity index (χ1) is 9.13. The van der Waals surface area contributed by atoms with Crippen LogP contribution in [0.25, 0.3) is 0 Å². The highest BCUT2D eigenvalue weighted by atomic mass is 16.4. The van der Waals surface area contributed by atoms with E-state index in [1.165, 1.54) is 31.5 Å². The van der Waals surface area contributed by atoms with Crippen LogP contribution in [0.15, 0.2) is 18.3 Å². The molecular formula is C14H20N2O3. The summed E-state index contributed by atoms with van der Waals surface area (Å²) in [6, 6.07) is 2.92. The molecule has 19 heavy (non-hydrogen) atoms. The monoisotopic (exact) mass is 264 g/mol. The van der Waals surface area contributed by atoms with Gasteiger partial charge in [-0.1, -0.05) is 32.6 Å². The molecule has 1 amide bonds. The van der Waals surface area contributed by atoms with Crippen molar-refractivity contribution in [2.24, 2.45) is 0 Å². The summed E-state index contributed by atoms with van der Waals surface area (Å²) in [5.41, 5.74) is 0.501. The van der Waals surface area contributed by atoms with Gasteiger partial charge >= 0.3 is 5.97 Å². The van der Waals surface area contributed by atoms with Crippen molar-refractivity contribution in [1.82, 2.24) is 4.98 Å². The highest BCUT2D eigenvalue weighted by molar-refractivity contribution is 5.91. The number of carbonyl (C=O) groups is 2. The third kappa shape index (κ3) is 5.99. The predicted octanol–water partition coefficient (Wildman–Crippen LogP) is 3.08. The standard InChI is InChI=1S/C14H20N2O3/c1-2-3-4-5-6-7-13(17)16-11-8-9-12(14(18)19)15-10-11/h8-10H,2-7H2,1H3,(H,16,17)(H,18,19). The summed E-state index contributed by atoms with van der Waals surface area (Å²) in [4.78, 5) is 26.0. The summed E-state index contributed by atoms with van der Waals surface area (Å²) >= 11 is 0. The van der Waals surface area contributed by atoms with Gasteiger partial charge in [0, 0.05) is 6.42 Å². The number of carboxylic acids is 1. The summed E-state index contributed by atoms with van der Waals surface area (Å²) in [6.07, 6.45) is 7.36. The van der Waals surface area contributed by atoms with E-state index in [1.54, 1.807) is 6.07 Å². The summed E-state index contributed by atoms with van der Waals surface area (Å²) < 4.78 is 0. The molecule has 5 heteroatoms. The molecule has 1 heterocycles. The van der Waals surface area contributed by atoms with Crippen molar-refractivity contribution in [3.63, 3.8) is 0 Å². The molecule has 104 valence electrons. The number of aromatic carboxylic acids is 1. The van der Waals surface area contributed by atoms with E-state index in [4.69, 9.17) is 5.11 Å². The van der Waals surface area contributed by atoms with Crippen molar-refractivity contribution in [3.8, 4) is 0 Å². The lowest BCUT2D eigenvalue weighted by Gasteiger charge is -2.05. The molecule has 2 N–H and O–H groups in total. The number of carbonyl (C=O) groups excluding carboxylic acids is 1. The van der Waals surface area contributed by atoms with E-state index < -0.39 is 5.97 Å². The van der Waals surface area contributed by atoms with Crippen molar-refractivity contribution in [3.05, 3.63) is 24.0 Å². The number of aromatic nitrogens is 1. The fourth-order valence-corrected chi connectivity index (χ4v) is 1.71. The number of hydrogen-bond acceptors (Lipinski definition) is 3. The van der Waals surface area contributed by atoms with Crippen molar-refractivity contribution < 1.29 is 14.7 Å². The van der Waals surface area contributed by atoms with E-state index in [2.05, 4.69) is 17.2 Å². The van der Waals surface area contributed by atoms with Crippen LogP contribution in [0.1, 0.15) is 55.9 Å². The predicted molar refractivity (Wildman–Crippen MR) is 73.2 cm³/mol. The van der Waals surface area contributed by atoms with Crippen molar-refractivity contribution in [1.29, 1.82) is 0 Å². The number of unbranched alkanes of at least 4 members (excludes halogenated alkanes) is 4. The molecule has 1 aromatic rings. The third-order valence-electron chi connectivity index (χ3n) is 2.77. The number of nitrogens with zero attached hydrogens (tertiary/aromatic N) is 1. The van der Waals surface area contributed by atoms with Crippen LogP contribution in [-0.4, -0.2) is 22.0 Å². The van der Waals surface area contributed by atoms with Gasteiger partial charge in [0.2, 0.25) is 5.91 Å². The maximum atomic E-state index is 11.6. The summed E-state index contributed by atoms with van der Waals surface area (Å²) in [5, 5.41) is 11.4. The molecule has 5 nitrogen and oxygen atoms in total. The lowest BCUT2D eigenvalue weighted by molar-refractivity contribution is -0.116. The Hall–Kier alpha value is -1.91. The molecule has 0 aromatic carbocycles. The minimum absolute atomic E-state index is 0.0300. The lowest BCUT2D eigenvalue weighted by Crippen LogP contribution is -2.11. The topological polar surface area (TPSA) is 79.3 Å². The molecule has 1 rings (SSSR count). The molecule has 0 aliphatic heterocycles. The Labute approximate surface area is 113 Å². The van der Waals surface area contributed by atoms with Gasteiger partial charge in [0.05, 0.1) is 11.9 Å². The minimum Gasteiger partial charge on any atom is -0.477 e. The lowest BCUT2D eigenvalue weighted by atomic mass is 10.1. The molecule has 0 fully saturated rings. The maximum Gasteiger partial charge on any atom is 0.354 e. The Morgan fingerprint density at radius 2 is 1.95 bits per heavy atom. The number of hydrogen-bond donors (Lipinski definition) is 2. The molecule has 0 spiro atoms. The number of pyridine rings is 1. The van der Waals surface area contributed by atoms with Crippen molar-refractivity contribution in [2.45, 2.75) is 45.4 Å². The Kier molecular flexibility index (Phi) is 6.57. The molecule has 0 saturated heterocycles. The Morgan fingerprint density at radius 3 is 2.53 bits per heavy atom. The number of nitrogens with one attached hydrogen (secondary N) is 1. The fraction of sp³-hybridized carbons (Fsp3) is 0.500. The Morgan fingerprint density at radius 1 is 1.21 bits per heavy atom. The van der Waals surface area contributed by atoms with Gasteiger partial charge in [-0.05, 0) is 18.6 Å². The Bertz CT molecular complexity index is 415. The zero-order chi connectivity index (χ0) is 14.1. The zero-order valence-corrected chi connectivity index (χ0v) is 11.2. The van der Waals surface area contributed by atoms with Crippen LogP contribution >= 0.6 is 0 Å². The maximum absolute atomic E-state index is 11.6. The van der Waals surface area contributed by atoms with Crippen LogP contribution < -0.4 is 5.32 Å². The van der Waals surface area contributed by atoms with Gasteiger partial charge < -0.3 is 10.4 Å². The summed E-state index contributed by atoms with van der Waals surface area (Å²) in [6.45, 7) is 2.15. The first-order valence-corrected chi connectivity index (χ1v) is 6.62. The zero-order valence-electron chi connectivity index (χ0n) is 11.2. The normalized spacial score (nSPS) is 10.2. The minimum atomic E-state index is -1.08. The van der Waals surface area contributed by atoms with Gasteiger partial charge in [0.1, 0.15) is 5.69 Å². The highest BCUT2D eigenvalue weighted by Crippen LogP contribution is 2.09. The van der Waals surface area contributed by atoms with Gasteiger partial charge in [-0.2, -0.15) is 0 Å². The SMILES string of the molecule is CCCCCCCC(=O)Nc1ccc(C(=O)O)nc1. The van der Waals surface area contributed by atoms with Crippen LogP contribution in [0, 0.1) is 0 Å². The molecule has 0 bridgehead atoms. The first-order valence-electron chi connectivity index (χ1n) is 6.62. The number of anilines is 1. The van der Waals surface area contributed by atoms with Crippen molar-refractivity contribution in [2.75, 3.05) is 5.32 Å². The summed E-state index contributed by atoms with van der Waals surface area (Å²) in [5.74, 6) is -1.13. The molecule has 0 unspecified atom stereocenters. The van der Waals surface area contributed by atoms with Crippen molar-refractivity contribution >= 4 is 17.6 Å². The number of rotatable bonds is 8. The van der Waals surface area contributed by atoms with Gasteiger partial charge in [0.15, 0.2) is 0 Å². The molecule has 0 saturated carbocycles. The molecule has 0 aliphatic carbocycles. The van der Waals surface area contributed by atoms with Crippen LogP contribution in [0.4, 0.5) is 5.69 Å². The van der Waals surface area contributed by atoms with Gasteiger partial charge in [-0.3, -0.25) is 4.79 Å². The average molecular weight is 264 g/mol. The number of amides is 1. The van der Waals surface area contributed by atoms with Gasteiger partial charge in [0.25, 0.3) is 0 Å². The Balaban J connectivity index is 2.30. The molecule has 0 atom stereocenters. The largest absolute Gasteiger partial charge is 0.477 e. The van der Waals surface area contributed by atoms with E-state index in [-0.39, 0.29) is 11.6 Å². The fourth-order valence-electron chi connectivity index (χ4n) is 1.71. The van der Waals surface area contributed by atoms with Crippen LogP contribution in [0.2, 0.25) is 0 Å². The van der Waals surface area contributed by atoms with E-state index in [9.17, 15) is 9.59 Å². The first kappa shape index (κ1) is 15.1. The molecule has 1 aromatic heterocycles. The van der Waals surface area contributed by atoms with Crippen LogP contribution in [-0.2, 0) is 4.79 Å². The van der Waals surface area contributed by atoms with E-state index in [0.717, 1.165) is 12.8 Å². The number of carboxylic acid groups (broad SMARTS) is 1. The smallest absolute Gasteiger partial charge is 0.354 e.